The third-order valence-corrected chi connectivity index (χ3v) is 5.08. The Labute approximate surface area is 175 Å². The number of carbonyl (C=O) groups is 1. The van der Waals surface area contributed by atoms with Crippen molar-refractivity contribution in [1.29, 1.82) is 5.26 Å². The molecule has 1 fully saturated rings. The zero-order valence-corrected chi connectivity index (χ0v) is 16.7. The molecule has 1 amide bonds. The lowest BCUT2D eigenvalue weighted by Gasteiger charge is -2.35. The van der Waals surface area contributed by atoms with Gasteiger partial charge in [-0.2, -0.15) is 5.26 Å². The Morgan fingerprint density at radius 1 is 1.00 bits per heavy atom. The molecule has 0 spiro atoms. The molecule has 0 saturated carbocycles. The molecule has 150 valence electrons. The fraction of sp³-hybridized carbons (Fsp3) is 0.217. The second kappa shape index (κ2) is 8.62. The molecule has 1 N–H and O–H groups in total. The summed E-state index contributed by atoms with van der Waals surface area (Å²) in [5, 5.41) is 12.3. The highest BCUT2D eigenvalue weighted by molar-refractivity contribution is 5.73. The van der Waals surface area contributed by atoms with Crippen LogP contribution in [0.15, 0.2) is 60.7 Å². The average molecular weight is 398 g/mol. The van der Waals surface area contributed by atoms with Crippen LogP contribution in [-0.2, 0) is 4.79 Å². The molecule has 7 nitrogen and oxygen atoms in total. The predicted molar refractivity (Wildman–Crippen MR) is 116 cm³/mol. The van der Waals surface area contributed by atoms with Crippen molar-refractivity contribution in [1.82, 2.24) is 14.9 Å². The van der Waals surface area contributed by atoms with Gasteiger partial charge in [-0.1, -0.05) is 30.3 Å². The molecule has 30 heavy (non-hydrogen) atoms. The molecule has 2 heterocycles. The number of carbonyl (C=O) groups excluding carboxylic acids is 1. The standard InChI is InChI=1S/C23H22N6O/c1-17(30)28-11-13-29(14-12-28)22-15-21(25-20-9-7-18(16-24)8-10-20)26-23(27-22)19-5-3-2-4-6-19/h2-10,15H,11-14H2,1H3,(H,25,26,27). The number of aromatic nitrogens is 2. The molecule has 7 heteroatoms. The summed E-state index contributed by atoms with van der Waals surface area (Å²) in [5.41, 5.74) is 2.39. The van der Waals surface area contributed by atoms with E-state index in [0.717, 1.165) is 30.2 Å². The number of nitrogens with zero attached hydrogens (tertiary/aromatic N) is 5. The number of hydrogen-bond acceptors (Lipinski definition) is 6. The van der Waals surface area contributed by atoms with E-state index in [1.165, 1.54) is 0 Å². The monoisotopic (exact) mass is 398 g/mol. The van der Waals surface area contributed by atoms with E-state index in [1.54, 1.807) is 19.1 Å². The summed E-state index contributed by atoms with van der Waals surface area (Å²) >= 11 is 0. The molecule has 0 atom stereocenters. The summed E-state index contributed by atoms with van der Waals surface area (Å²) in [5.74, 6) is 2.24. The Morgan fingerprint density at radius 3 is 2.33 bits per heavy atom. The Kier molecular flexibility index (Phi) is 5.57. The van der Waals surface area contributed by atoms with Gasteiger partial charge >= 0.3 is 0 Å². The topological polar surface area (TPSA) is 85.2 Å². The summed E-state index contributed by atoms with van der Waals surface area (Å²) in [6.45, 7) is 4.41. The van der Waals surface area contributed by atoms with E-state index in [-0.39, 0.29) is 5.91 Å². The van der Waals surface area contributed by atoms with Crippen LogP contribution in [0, 0.1) is 11.3 Å². The van der Waals surface area contributed by atoms with E-state index < -0.39 is 0 Å². The van der Waals surface area contributed by atoms with Gasteiger partial charge < -0.3 is 15.1 Å². The molecule has 0 radical (unpaired) electrons. The Balaban J connectivity index is 1.64. The molecule has 1 aliphatic heterocycles. The molecular weight excluding hydrogens is 376 g/mol. The summed E-state index contributed by atoms with van der Waals surface area (Å²) in [7, 11) is 0. The molecule has 4 rings (SSSR count). The summed E-state index contributed by atoms with van der Waals surface area (Å²) in [4.78, 5) is 25.2. The number of rotatable bonds is 4. The van der Waals surface area contributed by atoms with Crippen LogP contribution in [0.1, 0.15) is 12.5 Å². The highest BCUT2D eigenvalue weighted by Crippen LogP contribution is 2.25. The first-order valence-corrected chi connectivity index (χ1v) is 9.84. The Bertz CT molecular complexity index is 1070. The van der Waals surface area contributed by atoms with Crippen molar-refractivity contribution in [3.8, 4) is 17.5 Å². The number of anilines is 3. The molecule has 1 aromatic heterocycles. The van der Waals surface area contributed by atoms with Crippen LogP contribution in [-0.4, -0.2) is 47.0 Å². The van der Waals surface area contributed by atoms with E-state index >= 15 is 0 Å². The zero-order valence-electron chi connectivity index (χ0n) is 16.7. The molecule has 0 unspecified atom stereocenters. The largest absolute Gasteiger partial charge is 0.353 e. The van der Waals surface area contributed by atoms with Gasteiger partial charge in [0.25, 0.3) is 0 Å². The van der Waals surface area contributed by atoms with Crippen molar-refractivity contribution < 1.29 is 4.79 Å². The van der Waals surface area contributed by atoms with Crippen LogP contribution in [0.3, 0.4) is 0 Å². The maximum absolute atomic E-state index is 11.6. The van der Waals surface area contributed by atoms with Gasteiger partial charge in [0.05, 0.1) is 11.6 Å². The van der Waals surface area contributed by atoms with Gasteiger partial charge in [0.1, 0.15) is 11.6 Å². The highest BCUT2D eigenvalue weighted by atomic mass is 16.2. The first-order valence-electron chi connectivity index (χ1n) is 9.84. The minimum Gasteiger partial charge on any atom is -0.353 e. The molecule has 0 bridgehead atoms. The van der Waals surface area contributed by atoms with Crippen LogP contribution in [0.25, 0.3) is 11.4 Å². The first-order chi connectivity index (χ1) is 14.6. The third-order valence-electron chi connectivity index (χ3n) is 5.08. The maximum Gasteiger partial charge on any atom is 0.219 e. The smallest absolute Gasteiger partial charge is 0.219 e. The van der Waals surface area contributed by atoms with Gasteiger partial charge in [-0.05, 0) is 24.3 Å². The fourth-order valence-corrected chi connectivity index (χ4v) is 3.40. The van der Waals surface area contributed by atoms with E-state index in [4.69, 9.17) is 15.2 Å². The van der Waals surface area contributed by atoms with Crippen molar-refractivity contribution in [2.45, 2.75) is 6.92 Å². The van der Waals surface area contributed by atoms with Crippen molar-refractivity contribution in [2.75, 3.05) is 36.4 Å². The summed E-state index contributed by atoms with van der Waals surface area (Å²) < 4.78 is 0. The lowest BCUT2D eigenvalue weighted by molar-refractivity contribution is -0.129. The lowest BCUT2D eigenvalue weighted by atomic mass is 10.2. The Hall–Kier alpha value is -3.92. The molecule has 3 aromatic rings. The van der Waals surface area contributed by atoms with Crippen molar-refractivity contribution in [3.05, 3.63) is 66.2 Å². The molecule has 1 aliphatic rings. The van der Waals surface area contributed by atoms with E-state index in [1.807, 2.05) is 53.4 Å². The fourth-order valence-electron chi connectivity index (χ4n) is 3.40. The van der Waals surface area contributed by atoms with Gasteiger partial charge in [0.15, 0.2) is 5.82 Å². The van der Waals surface area contributed by atoms with E-state index in [2.05, 4.69) is 16.3 Å². The van der Waals surface area contributed by atoms with Crippen molar-refractivity contribution >= 4 is 23.2 Å². The van der Waals surface area contributed by atoms with Crippen LogP contribution >= 0.6 is 0 Å². The van der Waals surface area contributed by atoms with Gasteiger partial charge in [-0.25, -0.2) is 9.97 Å². The Morgan fingerprint density at radius 2 is 1.70 bits per heavy atom. The number of nitrogens with one attached hydrogen (secondary N) is 1. The number of nitriles is 1. The molecular formula is C23H22N6O. The average Bonchev–Trinajstić information content (AvgIpc) is 2.80. The lowest BCUT2D eigenvalue weighted by Crippen LogP contribution is -2.48. The second-order valence-electron chi connectivity index (χ2n) is 7.11. The summed E-state index contributed by atoms with van der Waals surface area (Å²) in [6, 6.07) is 21.2. The van der Waals surface area contributed by atoms with Crippen LogP contribution in [0.4, 0.5) is 17.3 Å². The SMILES string of the molecule is CC(=O)N1CCN(c2cc(Nc3ccc(C#N)cc3)nc(-c3ccccc3)n2)CC1. The van der Waals surface area contributed by atoms with Crippen LogP contribution < -0.4 is 10.2 Å². The minimum atomic E-state index is 0.102. The van der Waals surface area contributed by atoms with Gasteiger partial charge in [0.2, 0.25) is 5.91 Å². The minimum absolute atomic E-state index is 0.102. The normalized spacial score (nSPS) is 13.6. The first kappa shape index (κ1) is 19.4. The van der Waals surface area contributed by atoms with Crippen molar-refractivity contribution in [2.24, 2.45) is 0 Å². The number of amides is 1. The van der Waals surface area contributed by atoms with E-state index in [0.29, 0.717) is 30.3 Å². The number of benzene rings is 2. The molecule has 0 aliphatic carbocycles. The van der Waals surface area contributed by atoms with Crippen molar-refractivity contribution in [3.63, 3.8) is 0 Å². The number of hydrogen-bond donors (Lipinski definition) is 1. The van der Waals surface area contributed by atoms with Gasteiger partial charge in [-0.3, -0.25) is 4.79 Å². The molecule has 1 saturated heterocycles. The quantitative estimate of drug-likeness (QED) is 0.725. The van der Waals surface area contributed by atoms with E-state index in [9.17, 15) is 4.79 Å². The van der Waals surface area contributed by atoms with Crippen LogP contribution in [0.2, 0.25) is 0 Å². The third kappa shape index (κ3) is 4.39. The van der Waals surface area contributed by atoms with Gasteiger partial charge in [-0.15, -0.1) is 0 Å². The van der Waals surface area contributed by atoms with Crippen LogP contribution in [0.5, 0.6) is 0 Å². The number of piperazine rings is 1. The summed E-state index contributed by atoms with van der Waals surface area (Å²) in [6.07, 6.45) is 0. The zero-order chi connectivity index (χ0) is 20.9. The van der Waals surface area contributed by atoms with Gasteiger partial charge in [0, 0.05) is 50.4 Å². The highest BCUT2D eigenvalue weighted by Gasteiger charge is 2.21. The maximum atomic E-state index is 11.6. The predicted octanol–water partition coefficient (Wildman–Crippen LogP) is 3.43. The molecule has 2 aromatic carbocycles. The second-order valence-corrected chi connectivity index (χ2v) is 7.11.